The first-order valence-electron chi connectivity index (χ1n) is 16.7. The van der Waals surface area contributed by atoms with E-state index in [0.717, 1.165) is 77.1 Å². The van der Waals surface area contributed by atoms with Crippen molar-refractivity contribution in [2.24, 2.45) is 0 Å². The molecule has 0 radical (unpaired) electrons. The quantitative estimate of drug-likeness (QED) is 0.188. The van der Waals surface area contributed by atoms with Gasteiger partial charge in [-0.15, -0.1) is 0 Å². The maximum atomic E-state index is 6.37. The zero-order valence-electron chi connectivity index (χ0n) is 26.9. The summed E-state index contributed by atoms with van der Waals surface area (Å²) in [5.41, 5.74) is 10.1. The molecule has 0 aliphatic heterocycles. The van der Waals surface area contributed by atoms with Gasteiger partial charge in [-0.25, -0.2) is 4.98 Å². The summed E-state index contributed by atoms with van der Waals surface area (Å²) in [5, 5.41) is 4.37. The van der Waals surface area contributed by atoms with Crippen molar-refractivity contribution in [1.82, 2.24) is 19.5 Å². The standard InChI is InChI=1S/C45H28N4O/c1-3-11-29(12-4-1)31-19-21-32(22-20-31)43-46-44(48-45(47-43)49-39-17-9-7-15-35(39)36-16-8-10-18-40(36)49)34-24-26-41-38(27-34)37-25-23-33(28-42(37)50-41)30-13-5-2-6-14-30/h1-28H. The van der Waals surface area contributed by atoms with Gasteiger partial charge >= 0.3 is 0 Å². The summed E-state index contributed by atoms with van der Waals surface area (Å²) in [6.45, 7) is 0. The second-order valence-electron chi connectivity index (χ2n) is 12.5. The predicted molar refractivity (Wildman–Crippen MR) is 203 cm³/mol. The first-order chi connectivity index (χ1) is 24.8. The zero-order chi connectivity index (χ0) is 33.0. The molecule has 50 heavy (non-hydrogen) atoms. The van der Waals surface area contributed by atoms with E-state index in [9.17, 15) is 0 Å². The minimum Gasteiger partial charge on any atom is -0.456 e. The maximum Gasteiger partial charge on any atom is 0.238 e. The highest BCUT2D eigenvalue weighted by Crippen LogP contribution is 2.36. The van der Waals surface area contributed by atoms with Crippen molar-refractivity contribution in [3.05, 3.63) is 170 Å². The number of rotatable bonds is 5. The van der Waals surface area contributed by atoms with E-state index in [0.29, 0.717) is 17.6 Å². The van der Waals surface area contributed by atoms with Gasteiger partial charge in [-0.05, 0) is 64.7 Å². The SMILES string of the molecule is c1ccc(-c2ccc(-c3nc(-c4ccc5oc6cc(-c7ccccc7)ccc6c5c4)nc(-n4c5ccccc5c5ccccc54)n3)cc2)cc1. The molecular weight excluding hydrogens is 613 g/mol. The van der Waals surface area contributed by atoms with E-state index < -0.39 is 0 Å². The van der Waals surface area contributed by atoms with Crippen LogP contribution >= 0.6 is 0 Å². The monoisotopic (exact) mass is 640 g/mol. The lowest BCUT2D eigenvalue weighted by molar-refractivity contribution is 0.669. The summed E-state index contributed by atoms with van der Waals surface area (Å²) >= 11 is 0. The van der Waals surface area contributed by atoms with E-state index >= 15 is 0 Å². The largest absolute Gasteiger partial charge is 0.456 e. The number of fused-ring (bicyclic) bond motifs is 6. The van der Waals surface area contributed by atoms with Gasteiger partial charge in [0.15, 0.2) is 11.6 Å². The summed E-state index contributed by atoms with van der Waals surface area (Å²) in [7, 11) is 0. The first kappa shape index (κ1) is 28.2. The minimum atomic E-state index is 0.569. The van der Waals surface area contributed by atoms with Crippen LogP contribution in [0.5, 0.6) is 0 Å². The van der Waals surface area contributed by atoms with Crippen molar-refractivity contribution in [3.8, 4) is 51.0 Å². The molecule has 0 bridgehead atoms. The molecule has 0 saturated carbocycles. The molecule has 3 aromatic heterocycles. The number of para-hydroxylation sites is 2. The number of benzene rings is 7. The lowest BCUT2D eigenvalue weighted by Gasteiger charge is -2.11. The highest BCUT2D eigenvalue weighted by atomic mass is 16.3. The van der Waals surface area contributed by atoms with Gasteiger partial charge in [-0.1, -0.05) is 127 Å². The Hall–Kier alpha value is -6.85. The fourth-order valence-electron chi connectivity index (χ4n) is 7.03. The third-order valence-corrected chi connectivity index (χ3v) is 9.49. The van der Waals surface area contributed by atoms with Gasteiger partial charge in [0, 0.05) is 32.7 Å². The highest BCUT2D eigenvalue weighted by molar-refractivity contribution is 6.09. The Morgan fingerprint density at radius 1 is 0.340 bits per heavy atom. The average molecular weight is 641 g/mol. The van der Waals surface area contributed by atoms with Gasteiger partial charge in [0.05, 0.1) is 11.0 Å². The molecule has 10 aromatic rings. The average Bonchev–Trinajstić information content (AvgIpc) is 3.73. The third kappa shape index (κ3) is 4.67. The number of furan rings is 1. The van der Waals surface area contributed by atoms with Crippen molar-refractivity contribution in [3.63, 3.8) is 0 Å². The smallest absolute Gasteiger partial charge is 0.238 e. The summed E-state index contributed by atoms with van der Waals surface area (Å²) in [6.07, 6.45) is 0. The molecule has 7 aromatic carbocycles. The summed E-state index contributed by atoms with van der Waals surface area (Å²) < 4.78 is 8.52. The van der Waals surface area contributed by atoms with Gasteiger partial charge in [-0.2, -0.15) is 9.97 Å². The maximum absolute atomic E-state index is 6.37. The molecule has 0 aliphatic carbocycles. The van der Waals surface area contributed by atoms with E-state index in [1.165, 1.54) is 0 Å². The van der Waals surface area contributed by atoms with Crippen molar-refractivity contribution < 1.29 is 4.42 Å². The first-order valence-corrected chi connectivity index (χ1v) is 16.7. The summed E-state index contributed by atoms with van der Waals surface area (Å²) in [6, 6.07) is 58.6. The molecule has 10 rings (SSSR count). The van der Waals surface area contributed by atoms with E-state index in [-0.39, 0.29) is 0 Å². The Morgan fingerprint density at radius 2 is 0.860 bits per heavy atom. The van der Waals surface area contributed by atoms with Gasteiger partial charge < -0.3 is 4.42 Å². The van der Waals surface area contributed by atoms with Crippen LogP contribution in [0.1, 0.15) is 0 Å². The Labute approximate surface area is 287 Å². The third-order valence-electron chi connectivity index (χ3n) is 9.49. The van der Waals surface area contributed by atoms with Crippen LogP contribution in [-0.4, -0.2) is 19.5 Å². The van der Waals surface area contributed by atoms with Gasteiger partial charge in [0.25, 0.3) is 0 Å². The van der Waals surface area contributed by atoms with Crippen LogP contribution in [0.15, 0.2) is 174 Å². The van der Waals surface area contributed by atoms with Crippen molar-refractivity contribution in [2.45, 2.75) is 0 Å². The molecule has 0 amide bonds. The van der Waals surface area contributed by atoms with Crippen molar-refractivity contribution >= 4 is 43.7 Å². The van der Waals surface area contributed by atoms with Crippen LogP contribution in [0.3, 0.4) is 0 Å². The molecule has 0 atom stereocenters. The van der Waals surface area contributed by atoms with E-state index in [4.69, 9.17) is 19.4 Å². The highest BCUT2D eigenvalue weighted by Gasteiger charge is 2.19. The van der Waals surface area contributed by atoms with E-state index in [1.54, 1.807) is 0 Å². The fraction of sp³-hybridized carbons (Fsp3) is 0. The topological polar surface area (TPSA) is 56.7 Å². The second kappa shape index (κ2) is 11.4. The summed E-state index contributed by atoms with van der Waals surface area (Å²) in [5.74, 6) is 1.77. The Morgan fingerprint density at radius 3 is 1.54 bits per heavy atom. The van der Waals surface area contributed by atoms with Gasteiger partial charge in [-0.3, -0.25) is 4.57 Å². The van der Waals surface area contributed by atoms with Gasteiger partial charge in [0.1, 0.15) is 11.2 Å². The molecule has 0 fully saturated rings. The Kier molecular flexibility index (Phi) is 6.42. The molecule has 0 spiro atoms. The van der Waals surface area contributed by atoms with Crippen LogP contribution < -0.4 is 0 Å². The van der Waals surface area contributed by atoms with Crippen LogP contribution in [0.2, 0.25) is 0 Å². The van der Waals surface area contributed by atoms with Crippen LogP contribution in [-0.2, 0) is 0 Å². The van der Waals surface area contributed by atoms with Crippen LogP contribution in [0, 0.1) is 0 Å². The Balaban J connectivity index is 1.16. The second-order valence-corrected chi connectivity index (χ2v) is 12.5. The van der Waals surface area contributed by atoms with Crippen LogP contribution in [0.4, 0.5) is 0 Å². The molecule has 3 heterocycles. The molecule has 234 valence electrons. The number of hydrogen-bond acceptors (Lipinski definition) is 4. The number of hydrogen-bond donors (Lipinski definition) is 0. The molecule has 0 aliphatic rings. The van der Waals surface area contributed by atoms with E-state index in [2.05, 4.69) is 150 Å². The molecule has 0 saturated heterocycles. The normalized spacial score (nSPS) is 11.6. The summed E-state index contributed by atoms with van der Waals surface area (Å²) in [4.78, 5) is 15.4. The zero-order valence-corrected chi connectivity index (χ0v) is 26.9. The fourth-order valence-corrected chi connectivity index (χ4v) is 7.03. The molecule has 5 heteroatoms. The lowest BCUT2D eigenvalue weighted by Crippen LogP contribution is -2.06. The number of aromatic nitrogens is 4. The number of nitrogens with zero attached hydrogens (tertiary/aromatic N) is 4. The molecule has 0 N–H and O–H groups in total. The lowest BCUT2D eigenvalue weighted by atomic mass is 10.0. The molecule has 5 nitrogen and oxygen atoms in total. The Bertz CT molecular complexity index is 2800. The predicted octanol–water partition coefficient (Wildman–Crippen LogP) is 11.5. The van der Waals surface area contributed by atoms with Crippen molar-refractivity contribution in [1.29, 1.82) is 0 Å². The molecule has 0 unspecified atom stereocenters. The minimum absolute atomic E-state index is 0.569. The van der Waals surface area contributed by atoms with E-state index in [1.807, 2.05) is 24.3 Å². The van der Waals surface area contributed by atoms with Crippen LogP contribution in [0.25, 0.3) is 94.7 Å². The molecular formula is C45H28N4O. The van der Waals surface area contributed by atoms with Gasteiger partial charge in [0.2, 0.25) is 5.95 Å². The van der Waals surface area contributed by atoms with Crippen molar-refractivity contribution in [2.75, 3.05) is 0 Å².